The van der Waals surface area contributed by atoms with Crippen molar-refractivity contribution in [2.24, 2.45) is 5.92 Å². The smallest absolute Gasteiger partial charge is 0.164 e. The highest BCUT2D eigenvalue weighted by atomic mass is 127. The van der Waals surface area contributed by atoms with Crippen LogP contribution in [0, 0.1) is 9.49 Å². The molecule has 2 heterocycles. The Balaban J connectivity index is 2.43. The predicted octanol–water partition coefficient (Wildman–Crippen LogP) is 3.82. The third-order valence-corrected chi connectivity index (χ3v) is 4.42. The van der Waals surface area contributed by atoms with Gasteiger partial charge in [0.05, 0.1) is 21.0 Å². The van der Waals surface area contributed by atoms with Crippen LogP contribution in [0.4, 0.5) is 0 Å². The van der Waals surface area contributed by atoms with Crippen molar-refractivity contribution in [3.05, 3.63) is 26.8 Å². The molecular weight excluding hydrogens is 375 g/mol. The summed E-state index contributed by atoms with van der Waals surface area (Å²) >= 11 is 8.42. The summed E-state index contributed by atoms with van der Waals surface area (Å²) in [6, 6.07) is 0. The predicted molar refractivity (Wildman–Crippen MR) is 85.2 cm³/mol. The van der Waals surface area contributed by atoms with E-state index in [0.29, 0.717) is 16.9 Å². The number of hydrogen-bond donors (Lipinski definition) is 0. The molecule has 2 aromatic heterocycles. The van der Waals surface area contributed by atoms with Gasteiger partial charge in [0.1, 0.15) is 5.15 Å². The van der Waals surface area contributed by atoms with Crippen LogP contribution >= 0.6 is 34.2 Å². The minimum atomic E-state index is 0.519. The fraction of sp³-hybridized carbons (Fsp3) is 0.462. The second-order valence-electron chi connectivity index (χ2n) is 4.78. The van der Waals surface area contributed by atoms with Crippen LogP contribution in [0.25, 0.3) is 11.4 Å². The molecule has 4 nitrogen and oxygen atoms in total. The van der Waals surface area contributed by atoms with Crippen molar-refractivity contribution >= 4 is 34.2 Å². The molecule has 0 radical (unpaired) electrons. The van der Waals surface area contributed by atoms with Gasteiger partial charge in [-0.05, 0) is 41.9 Å². The van der Waals surface area contributed by atoms with Crippen molar-refractivity contribution in [1.82, 2.24) is 19.7 Å². The lowest BCUT2D eigenvalue weighted by Gasteiger charge is -2.09. The molecule has 0 amide bonds. The minimum absolute atomic E-state index is 0.519. The molecule has 0 atom stereocenters. The second-order valence-corrected chi connectivity index (χ2v) is 6.22. The molecule has 0 aliphatic carbocycles. The van der Waals surface area contributed by atoms with E-state index in [0.717, 1.165) is 27.8 Å². The van der Waals surface area contributed by atoms with E-state index in [1.165, 1.54) is 0 Å². The quantitative estimate of drug-likeness (QED) is 0.589. The molecule has 0 bridgehead atoms. The molecule has 2 rings (SSSR count). The van der Waals surface area contributed by atoms with E-state index in [1.54, 1.807) is 6.20 Å². The first kappa shape index (κ1) is 14.7. The summed E-state index contributed by atoms with van der Waals surface area (Å²) in [6.45, 7) is 7.21. The number of rotatable bonds is 4. The summed E-state index contributed by atoms with van der Waals surface area (Å²) in [7, 11) is 0. The first-order valence-corrected chi connectivity index (χ1v) is 7.71. The minimum Gasteiger partial charge on any atom is -0.272 e. The van der Waals surface area contributed by atoms with E-state index in [9.17, 15) is 0 Å². The van der Waals surface area contributed by atoms with Crippen LogP contribution < -0.4 is 0 Å². The van der Waals surface area contributed by atoms with E-state index < -0.39 is 0 Å². The molecule has 102 valence electrons. The summed E-state index contributed by atoms with van der Waals surface area (Å²) in [6.07, 6.45) is 4.62. The van der Waals surface area contributed by atoms with Crippen LogP contribution in [-0.4, -0.2) is 19.7 Å². The Kier molecular flexibility index (Phi) is 4.78. The third-order valence-electron chi connectivity index (χ3n) is 2.70. The zero-order chi connectivity index (χ0) is 14.0. The van der Waals surface area contributed by atoms with Gasteiger partial charge in [0, 0.05) is 12.7 Å². The fourth-order valence-corrected chi connectivity index (χ4v) is 2.42. The molecular formula is C13H16ClIN4. The molecule has 0 fully saturated rings. The average Bonchev–Trinajstić information content (AvgIpc) is 2.82. The van der Waals surface area contributed by atoms with Gasteiger partial charge in [-0.25, -0.2) is 9.97 Å². The number of hydrogen-bond acceptors (Lipinski definition) is 3. The fourth-order valence-electron chi connectivity index (χ4n) is 1.77. The van der Waals surface area contributed by atoms with Gasteiger partial charge in [0.25, 0.3) is 0 Å². The largest absolute Gasteiger partial charge is 0.272 e. The maximum atomic E-state index is 6.21. The first-order valence-electron chi connectivity index (χ1n) is 6.26. The van der Waals surface area contributed by atoms with Crippen LogP contribution in [0.15, 0.2) is 12.4 Å². The molecule has 0 aliphatic heterocycles. The van der Waals surface area contributed by atoms with E-state index in [2.05, 4.69) is 51.5 Å². The van der Waals surface area contributed by atoms with Gasteiger partial charge in [-0.2, -0.15) is 5.10 Å². The second kappa shape index (κ2) is 6.17. The maximum absolute atomic E-state index is 6.21. The molecule has 0 saturated heterocycles. The number of halogens is 2. The Bertz CT molecular complexity index is 580. The van der Waals surface area contributed by atoms with Gasteiger partial charge in [-0.1, -0.05) is 25.4 Å². The Hall–Kier alpha value is -0.690. The Morgan fingerprint density at radius 1 is 1.37 bits per heavy atom. The third kappa shape index (κ3) is 3.45. The molecule has 0 saturated carbocycles. The summed E-state index contributed by atoms with van der Waals surface area (Å²) < 4.78 is 2.80. The highest BCUT2D eigenvalue weighted by Crippen LogP contribution is 2.25. The summed E-state index contributed by atoms with van der Waals surface area (Å²) in [5, 5.41) is 4.76. The zero-order valence-corrected chi connectivity index (χ0v) is 14.1. The van der Waals surface area contributed by atoms with Crippen LogP contribution in [0.3, 0.4) is 0 Å². The van der Waals surface area contributed by atoms with Gasteiger partial charge in [0.15, 0.2) is 5.82 Å². The Labute approximate surface area is 131 Å². The van der Waals surface area contributed by atoms with Crippen molar-refractivity contribution < 1.29 is 0 Å². The molecule has 6 heteroatoms. The lowest BCUT2D eigenvalue weighted by atomic mass is 10.1. The summed E-state index contributed by atoms with van der Waals surface area (Å²) in [5.74, 6) is 1.19. The van der Waals surface area contributed by atoms with Gasteiger partial charge >= 0.3 is 0 Å². The zero-order valence-electron chi connectivity index (χ0n) is 11.2. The van der Waals surface area contributed by atoms with Crippen molar-refractivity contribution in [2.75, 3.05) is 0 Å². The monoisotopic (exact) mass is 390 g/mol. The normalized spacial score (nSPS) is 11.3. The van der Waals surface area contributed by atoms with Crippen molar-refractivity contribution in [3.8, 4) is 11.4 Å². The Morgan fingerprint density at radius 2 is 2.11 bits per heavy atom. The molecule has 0 aliphatic rings. The van der Waals surface area contributed by atoms with E-state index in [1.807, 2.05) is 17.8 Å². The number of aryl methyl sites for hydroxylation is 1. The van der Waals surface area contributed by atoms with Crippen LogP contribution in [0.1, 0.15) is 26.5 Å². The van der Waals surface area contributed by atoms with E-state index in [4.69, 9.17) is 11.6 Å². The standard InChI is InChI=1S/C13H16ClIN4/c1-4-19-7-9(6-16-19)13-17-10(5-8(2)3)11(15)12(14)18-13/h6-8H,4-5H2,1-3H3. The average molecular weight is 391 g/mol. The summed E-state index contributed by atoms with van der Waals surface area (Å²) in [4.78, 5) is 8.99. The molecule has 19 heavy (non-hydrogen) atoms. The topological polar surface area (TPSA) is 43.6 Å². The van der Waals surface area contributed by atoms with E-state index >= 15 is 0 Å². The highest BCUT2D eigenvalue weighted by Gasteiger charge is 2.14. The van der Waals surface area contributed by atoms with Crippen LogP contribution in [-0.2, 0) is 13.0 Å². The van der Waals surface area contributed by atoms with E-state index in [-0.39, 0.29) is 0 Å². The highest BCUT2D eigenvalue weighted by molar-refractivity contribution is 14.1. The van der Waals surface area contributed by atoms with Crippen LogP contribution in [0.2, 0.25) is 5.15 Å². The van der Waals surface area contributed by atoms with Gasteiger partial charge in [-0.15, -0.1) is 0 Å². The lowest BCUT2D eigenvalue weighted by molar-refractivity contribution is 0.632. The maximum Gasteiger partial charge on any atom is 0.164 e. The molecule has 2 aromatic rings. The van der Waals surface area contributed by atoms with Gasteiger partial charge < -0.3 is 0 Å². The van der Waals surface area contributed by atoms with Crippen LogP contribution in [0.5, 0.6) is 0 Å². The van der Waals surface area contributed by atoms with Crippen molar-refractivity contribution in [3.63, 3.8) is 0 Å². The first-order chi connectivity index (χ1) is 9.01. The van der Waals surface area contributed by atoms with Crippen molar-refractivity contribution in [2.45, 2.75) is 33.7 Å². The lowest BCUT2D eigenvalue weighted by Crippen LogP contribution is -2.04. The molecule has 0 unspecified atom stereocenters. The SMILES string of the molecule is CCn1cc(-c2nc(Cl)c(I)c(CC(C)C)n2)cn1. The summed E-state index contributed by atoms with van der Waals surface area (Å²) in [5.41, 5.74) is 1.92. The molecule has 0 spiro atoms. The number of nitrogens with zero attached hydrogens (tertiary/aromatic N) is 4. The van der Waals surface area contributed by atoms with Crippen molar-refractivity contribution in [1.29, 1.82) is 0 Å². The Morgan fingerprint density at radius 3 is 2.68 bits per heavy atom. The van der Waals surface area contributed by atoms with Gasteiger partial charge in [0.2, 0.25) is 0 Å². The van der Waals surface area contributed by atoms with Gasteiger partial charge in [-0.3, -0.25) is 4.68 Å². The number of aromatic nitrogens is 4. The molecule has 0 aromatic carbocycles. The molecule has 0 N–H and O–H groups in total.